The van der Waals surface area contributed by atoms with E-state index < -0.39 is 0 Å². The first-order valence-corrected chi connectivity index (χ1v) is 7.81. The van der Waals surface area contributed by atoms with Gasteiger partial charge in [-0.3, -0.25) is 9.88 Å². The number of benzene rings is 1. The van der Waals surface area contributed by atoms with E-state index in [4.69, 9.17) is 4.52 Å². The van der Waals surface area contributed by atoms with Gasteiger partial charge in [0.05, 0.1) is 6.54 Å². The van der Waals surface area contributed by atoms with Crippen LogP contribution in [0, 0.1) is 6.92 Å². The number of hydrogen-bond acceptors (Lipinski definition) is 5. The maximum absolute atomic E-state index is 5.38. The van der Waals surface area contributed by atoms with Crippen LogP contribution in [0.1, 0.15) is 23.1 Å². The highest BCUT2D eigenvalue weighted by Gasteiger charge is 2.30. The van der Waals surface area contributed by atoms with Gasteiger partial charge in [0.15, 0.2) is 0 Å². The molecule has 0 aliphatic carbocycles. The highest BCUT2D eigenvalue weighted by molar-refractivity contribution is 5.54. The zero-order valence-corrected chi connectivity index (χ0v) is 13.0. The molecule has 1 aliphatic rings. The van der Waals surface area contributed by atoms with Crippen molar-refractivity contribution >= 4 is 0 Å². The summed E-state index contributed by atoms with van der Waals surface area (Å²) in [4.78, 5) is 11.2. The summed E-state index contributed by atoms with van der Waals surface area (Å²) in [6.45, 7) is 4.73. The minimum absolute atomic E-state index is 0.510. The van der Waals surface area contributed by atoms with Gasteiger partial charge >= 0.3 is 0 Å². The second-order valence-electron chi connectivity index (χ2n) is 6.02. The highest BCUT2D eigenvalue weighted by Crippen LogP contribution is 2.27. The largest absolute Gasteiger partial charge is 0.338 e. The number of aryl methyl sites for hydroxylation is 1. The van der Waals surface area contributed by atoms with Gasteiger partial charge in [-0.25, -0.2) is 0 Å². The summed E-state index contributed by atoms with van der Waals surface area (Å²) in [5.41, 5.74) is 3.37. The van der Waals surface area contributed by atoms with Gasteiger partial charge in [0.1, 0.15) is 0 Å². The minimum atomic E-state index is 0.510. The SMILES string of the molecule is Cc1ccc(-c2noc(CN3CC(c4ccccn4)C3)n2)cc1. The molecular formula is C18H18N4O. The molecule has 5 nitrogen and oxygen atoms in total. The Balaban J connectivity index is 1.37. The van der Waals surface area contributed by atoms with Gasteiger partial charge in [0.2, 0.25) is 11.7 Å². The van der Waals surface area contributed by atoms with Crippen LogP contribution >= 0.6 is 0 Å². The molecule has 4 rings (SSSR count). The van der Waals surface area contributed by atoms with E-state index in [0.717, 1.165) is 24.3 Å². The van der Waals surface area contributed by atoms with Crippen molar-refractivity contribution in [1.82, 2.24) is 20.0 Å². The van der Waals surface area contributed by atoms with Gasteiger partial charge in [-0.1, -0.05) is 41.1 Å². The molecule has 116 valence electrons. The average molecular weight is 306 g/mol. The number of likely N-dealkylation sites (tertiary alicyclic amines) is 1. The Morgan fingerprint density at radius 3 is 2.70 bits per heavy atom. The molecule has 0 spiro atoms. The standard InChI is InChI=1S/C18H18N4O/c1-13-5-7-14(8-6-13)18-20-17(23-21-18)12-22-10-15(11-22)16-4-2-3-9-19-16/h2-9,15H,10-12H2,1H3. The van der Waals surface area contributed by atoms with Crippen LogP contribution in [0.2, 0.25) is 0 Å². The summed E-state index contributed by atoms with van der Waals surface area (Å²) in [6.07, 6.45) is 1.85. The summed E-state index contributed by atoms with van der Waals surface area (Å²) >= 11 is 0. The van der Waals surface area contributed by atoms with Crippen molar-refractivity contribution in [3.05, 3.63) is 65.8 Å². The Labute approximate surface area is 135 Å². The second-order valence-corrected chi connectivity index (χ2v) is 6.02. The molecule has 0 unspecified atom stereocenters. The molecule has 1 fully saturated rings. The fraction of sp³-hybridized carbons (Fsp3) is 0.278. The number of nitrogens with zero attached hydrogens (tertiary/aromatic N) is 4. The van der Waals surface area contributed by atoms with Crippen molar-refractivity contribution < 1.29 is 4.52 Å². The molecule has 1 aromatic carbocycles. The van der Waals surface area contributed by atoms with Gasteiger partial charge in [0.25, 0.3) is 0 Å². The normalized spacial score (nSPS) is 15.5. The van der Waals surface area contributed by atoms with E-state index in [1.165, 1.54) is 5.56 Å². The number of hydrogen-bond donors (Lipinski definition) is 0. The van der Waals surface area contributed by atoms with Crippen LogP contribution in [0.25, 0.3) is 11.4 Å². The zero-order valence-electron chi connectivity index (χ0n) is 13.0. The molecule has 0 radical (unpaired) electrons. The maximum Gasteiger partial charge on any atom is 0.241 e. The predicted molar refractivity (Wildman–Crippen MR) is 86.7 cm³/mol. The van der Waals surface area contributed by atoms with Crippen LogP contribution in [-0.2, 0) is 6.54 Å². The Morgan fingerprint density at radius 1 is 1.13 bits per heavy atom. The number of aromatic nitrogens is 3. The van der Waals surface area contributed by atoms with Crippen LogP contribution in [0.5, 0.6) is 0 Å². The van der Waals surface area contributed by atoms with Gasteiger partial charge in [-0.15, -0.1) is 0 Å². The summed E-state index contributed by atoms with van der Waals surface area (Å²) in [6, 6.07) is 14.2. The lowest BCUT2D eigenvalue weighted by molar-refractivity contribution is 0.120. The van der Waals surface area contributed by atoms with E-state index >= 15 is 0 Å². The van der Waals surface area contributed by atoms with E-state index in [2.05, 4.69) is 45.1 Å². The molecular weight excluding hydrogens is 288 g/mol. The van der Waals surface area contributed by atoms with Gasteiger partial charge in [0, 0.05) is 36.5 Å². The van der Waals surface area contributed by atoms with Gasteiger partial charge in [-0.2, -0.15) is 4.98 Å². The lowest BCUT2D eigenvalue weighted by atomic mass is 9.96. The molecule has 0 saturated carbocycles. The molecule has 0 N–H and O–H groups in total. The summed E-state index contributed by atoms with van der Waals surface area (Å²) in [5.74, 6) is 1.83. The van der Waals surface area contributed by atoms with Crippen molar-refractivity contribution in [2.45, 2.75) is 19.4 Å². The highest BCUT2D eigenvalue weighted by atomic mass is 16.5. The second kappa shape index (κ2) is 5.93. The van der Waals surface area contributed by atoms with Crippen molar-refractivity contribution in [2.24, 2.45) is 0 Å². The number of pyridine rings is 1. The summed E-state index contributed by atoms with van der Waals surface area (Å²) in [5, 5.41) is 4.08. The van der Waals surface area contributed by atoms with Crippen LogP contribution < -0.4 is 0 Å². The minimum Gasteiger partial charge on any atom is -0.338 e. The smallest absolute Gasteiger partial charge is 0.241 e. The molecule has 3 heterocycles. The van der Waals surface area contributed by atoms with Crippen LogP contribution in [-0.4, -0.2) is 33.1 Å². The lowest BCUT2D eigenvalue weighted by Crippen LogP contribution is -2.44. The molecule has 0 atom stereocenters. The third-order valence-corrected chi connectivity index (χ3v) is 4.20. The van der Waals surface area contributed by atoms with E-state index in [9.17, 15) is 0 Å². The van der Waals surface area contributed by atoms with E-state index in [1.807, 2.05) is 30.5 Å². The molecule has 0 amide bonds. The fourth-order valence-corrected chi connectivity index (χ4v) is 2.83. The Hall–Kier alpha value is -2.53. The molecule has 3 aromatic rings. The third kappa shape index (κ3) is 3.00. The quantitative estimate of drug-likeness (QED) is 0.741. The average Bonchev–Trinajstić information content (AvgIpc) is 3.01. The van der Waals surface area contributed by atoms with Crippen molar-refractivity contribution in [3.63, 3.8) is 0 Å². The first-order chi connectivity index (χ1) is 11.3. The molecule has 1 saturated heterocycles. The Bertz CT molecular complexity index is 776. The Morgan fingerprint density at radius 2 is 1.96 bits per heavy atom. The van der Waals surface area contributed by atoms with Crippen molar-refractivity contribution in [2.75, 3.05) is 13.1 Å². The van der Waals surface area contributed by atoms with Crippen LogP contribution in [0.15, 0.2) is 53.2 Å². The zero-order chi connectivity index (χ0) is 15.6. The van der Waals surface area contributed by atoms with Gasteiger partial charge in [-0.05, 0) is 19.1 Å². The first kappa shape index (κ1) is 14.1. The van der Waals surface area contributed by atoms with E-state index in [0.29, 0.717) is 24.2 Å². The monoisotopic (exact) mass is 306 g/mol. The molecule has 1 aliphatic heterocycles. The maximum atomic E-state index is 5.38. The summed E-state index contributed by atoms with van der Waals surface area (Å²) in [7, 11) is 0. The van der Waals surface area contributed by atoms with Crippen LogP contribution in [0.4, 0.5) is 0 Å². The van der Waals surface area contributed by atoms with Crippen molar-refractivity contribution in [1.29, 1.82) is 0 Å². The molecule has 2 aromatic heterocycles. The first-order valence-electron chi connectivity index (χ1n) is 7.81. The Kier molecular flexibility index (Phi) is 3.63. The van der Waals surface area contributed by atoms with Crippen LogP contribution in [0.3, 0.4) is 0 Å². The third-order valence-electron chi connectivity index (χ3n) is 4.20. The van der Waals surface area contributed by atoms with E-state index in [1.54, 1.807) is 0 Å². The van der Waals surface area contributed by atoms with E-state index in [-0.39, 0.29) is 0 Å². The predicted octanol–water partition coefficient (Wildman–Crippen LogP) is 3.04. The molecule has 23 heavy (non-hydrogen) atoms. The summed E-state index contributed by atoms with van der Waals surface area (Å²) < 4.78 is 5.38. The van der Waals surface area contributed by atoms with Crippen molar-refractivity contribution in [3.8, 4) is 11.4 Å². The topological polar surface area (TPSA) is 55.1 Å². The molecule has 0 bridgehead atoms. The van der Waals surface area contributed by atoms with Gasteiger partial charge < -0.3 is 4.52 Å². The molecule has 5 heteroatoms. The number of rotatable bonds is 4. The lowest BCUT2D eigenvalue weighted by Gasteiger charge is -2.37. The fourth-order valence-electron chi connectivity index (χ4n) is 2.83.